The summed E-state index contributed by atoms with van der Waals surface area (Å²) in [6.07, 6.45) is 0.263. The van der Waals surface area contributed by atoms with Crippen molar-refractivity contribution in [3.8, 4) is 0 Å². The minimum Gasteiger partial charge on any atom is -0.348 e. The molecule has 1 aliphatic carbocycles. The number of halogens is 3. The first-order valence-electron chi connectivity index (χ1n) is 5.98. The van der Waals surface area contributed by atoms with Gasteiger partial charge in [-0.3, -0.25) is 4.79 Å². The van der Waals surface area contributed by atoms with Gasteiger partial charge in [0, 0.05) is 19.3 Å². The Labute approximate surface area is 109 Å². The van der Waals surface area contributed by atoms with Gasteiger partial charge >= 0.3 is 0 Å². The Morgan fingerprint density at radius 1 is 1.28 bits per heavy atom. The van der Waals surface area contributed by atoms with Crippen LogP contribution in [0.15, 0.2) is 0 Å². The van der Waals surface area contributed by atoms with E-state index in [-0.39, 0.29) is 25.1 Å². The van der Waals surface area contributed by atoms with Gasteiger partial charge in [-0.1, -0.05) is 0 Å². The van der Waals surface area contributed by atoms with E-state index < -0.39 is 23.7 Å². The van der Waals surface area contributed by atoms with E-state index in [4.69, 9.17) is 21.1 Å². The van der Waals surface area contributed by atoms with Crippen molar-refractivity contribution in [2.24, 2.45) is 0 Å². The molecule has 0 radical (unpaired) electrons. The van der Waals surface area contributed by atoms with Crippen LogP contribution >= 0.6 is 11.6 Å². The quantitative estimate of drug-likeness (QED) is 0.784. The molecular weight excluding hydrogens is 268 g/mol. The molecule has 1 saturated carbocycles. The average Bonchev–Trinajstić information content (AvgIpc) is 2.76. The Kier molecular flexibility index (Phi) is 4.08. The van der Waals surface area contributed by atoms with E-state index >= 15 is 0 Å². The molecule has 1 heterocycles. The zero-order valence-corrected chi connectivity index (χ0v) is 10.6. The van der Waals surface area contributed by atoms with Crippen LogP contribution in [0, 0.1) is 0 Å². The number of carbonyl (C=O) groups is 1. The molecule has 2 fully saturated rings. The summed E-state index contributed by atoms with van der Waals surface area (Å²) in [6, 6.07) is -1.20. The highest BCUT2D eigenvalue weighted by Gasteiger charge is 2.49. The van der Waals surface area contributed by atoms with Crippen LogP contribution in [0.1, 0.15) is 25.7 Å². The maximum Gasteiger partial charge on any atom is 0.268 e. The van der Waals surface area contributed by atoms with E-state index in [0.717, 1.165) is 0 Å². The van der Waals surface area contributed by atoms with Gasteiger partial charge in [-0.15, -0.1) is 11.6 Å². The van der Waals surface area contributed by atoms with Gasteiger partial charge in [0.05, 0.1) is 19.3 Å². The van der Waals surface area contributed by atoms with Gasteiger partial charge in [-0.25, -0.2) is 8.78 Å². The summed E-state index contributed by atoms with van der Waals surface area (Å²) in [5.74, 6) is -4.74. The molecule has 1 amide bonds. The second-order valence-electron chi connectivity index (χ2n) is 4.66. The van der Waals surface area contributed by atoms with Crippen LogP contribution in [-0.2, 0) is 14.3 Å². The average molecular weight is 284 g/mol. The molecule has 0 bridgehead atoms. The summed E-state index contributed by atoms with van der Waals surface area (Å²) in [5.41, 5.74) is 0. The molecule has 104 valence electrons. The van der Waals surface area contributed by atoms with Crippen molar-refractivity contribution in [3.63, 3.8) is 0 Å². The molecule has 1 aliphatic heterocycles. The van der Waals surface area contributed by atoms with E-state index in [9.17, 15) is 13.6 Å². The number of rotatable bonds is 2. The Balaban J connectivity index is 2.04. The Morgan fingerprint density at radius 3 is 2.56 bits per heavy atom. The number of amides is 1. The van der Waals surface area contributed by atoms with Gasteiger partial charge < -0.3 is 14.8 Å². The number of ether oxygens (including phenoxy) is 2. The van der Waals surface area contributed by atoms with Crippen LogP contribution in [0.2, 0.25) is 0 Å². The number of hydrogen-bond acceptors (Lipinski definition) is 3. The molecular formula is C11H16ClF2NO3. The Bertz CT molecular complexity index is 321. The van der Waals surface area contributed by atoms with E-state index in [2.05, 4.69) is 5.32 Å². The molecule has 4 nitrogen and oxygen atoms in total. The van der Waals surface area contributed by atoms with Crippen LogP contribution in [0.5, 0.6) is 0 Å². The van der Waals surface area contributed by atoms with Crippen molar-refractivity contribution in [2.75, 3.05) is 19.1 Å². The minimum atomic E-state index is -2.96. The lowest BCUT2D eigenvalue weighted by Gasteiger charge is -2.25. The van der Waals surface area contributed by atoms with Crippen LogP contribution in [0.3, 0.4) is 0 Å². The summed E-state index contributed by atoms with van der Waals surface area (Å²) in [7, 11) is 0. The SMILES string of the molecule is O=C(CCl)NC1CCC2(CCC1(F)F)OCCO2. The molecule has 1 unspecified atom stereocenters. The van der Waals surface area contributed by atoms with Crippen molar-refractivity contribution < 1.29 is 23.0 Å². The summed E-state index contributed by atoms with van der Waals surface area (Å²) in [5, 5.41) is 2.27. The summed E-state index contributed by atoms with van der Waals surface area (Å²) in [4.78, 5) is 11.2. The molecule has 0 aromatic rings. The second-order valence-corrected chi connectivity index (χ2v) is 4.93. The number of carbonyl (C=O) groups excluding carboxylic acids is 1. The summed E-state index contributed by atoms with van der Waals surface area (Å²) >= 11 is 5.32. The fraction of sp³-hybridized carbons (Fsp3) is 0.909. The first-order valence-corrected chi connectivity index (χ1v) is 6.52. The van der Waals surface area contributed by atoms with Gasteiger partial charge in [0.25, 0.3) is 5.92 Å². The Hall–Kier alpha value is -0.460. The number of hydrogen-bond donors (Lipinski definition) is 1. The zero-order chi connectivity index (χ0) is 13.2. The zero-order valence-electron chi connectivity index (χ0n) is 9.89. The fourth-order valence-electron chi connectivity index (χ4n) is 2.43. The van der Waals surface area contributed by atoms with Crippen molar-refractivity contribution in [3.05, 3.63) is 0 Å². The predicted octanol–water partition coefficient (Wildman–Crippen LogP) is 1.66. The van der Waals surface area contributed by atoms with Gasteiger partial charge in [0.15, 0.2) is 5.79 Å². The second kappa shape index (κ2) is 5.27. The third-order valence-electron chi connectivity index (χ3n) is 3.43. The fourth-order valence-corrected chi connectivity index (χ4v) is 2.51. The highest BCUT2D eigenvalue weighted by atomic mass is 35.5. The van der Waals surface area contributed by atoms with Gasteiger partial charge in [-0.05, 0) is 6.42 Å². The molecule has 1 spiro atoms. The molecule has 1 saturated heterocycles. The van der Waals surface area contributed by atoms with E-state index in [1.54, 1.807) is 0 Å². The third-order valence-corrected chi connectivity index (χ3v) is 3.68. The summed E-state index contributed by atoms with van der Waals surface area (Å²) < 4.78 is 38.7. The van der Waals surface area contributed by atoms with Crippen molar-refractivity contribution >= 4 is 17.5 Å². The molecule has 1 N–H and O–H groups in total. The highest BCUT2D eigenvalue weighted by Crippen LogP contribution is 2.40. The molecule has 2 aliphatic rings. The normalized spacial score (nSPS) is 30.1. The first kappa shape index (κ1) is 14.0. The molecule has 0 aromatic heterocycles. The van der Waals surface area contributed by atoms with Crippen LogP contribution in [-0.4, -0.2) is 42.8 Å². The maximum absolute atomic E-state index is 13.9. The molecule has 2 rings (SSSR count). The largest absolute Gasteiger partial charge is 0.348 e. The molecule has 0 aromatic carbocycles. The number of alkyl halides is 3. The first-order chi connectivity index (χ1) is 8.47. The monoisotopic (exact) mass is 283 g/mol. The van der Waals surface area contributed by atoms with Gasteiger partial charge in [-0.2, -0.15) is 0 Å². The third kappa shape index (κ3) is 2.92. The molecule has 1 atom stereocenters. The van der Waals surface area contributed by atoms with Crippen molar-refractivity contribution in [1.82, 2.24) is 5.32 Å². The van der Waals surface area contributed by atoms with E-state index in [1.807, 2.05) is 0 Å². The topological polar surface area (TPSA) is 47.6 Å². The maximum atomic E-state index is 13.9. The lowest BCUT2D eigenvalue weighted by Crippen LogP contribution is -2.47. The van der Waals surface area contributed by atoms with Gasteiger partial charge in [0.1, 0.15) is 5.88 Å². The molecule has 7 heteroatoms. The predicted molar refractivity (Wildman–Crippen MR) is 60.7 cm³/mol. The van der Waals surface area contributed by atoms with E-state index in [0.29, 0.717) is 19.6 Å². The number of nitrogens with one attached hydrogen (secondary N) is 1. The van der Waals surface area contributed by atoms with Crippen LogP contribution < -0.4 is 5.32 Å². The Morgan fingerprint density at radius 2 is 1.94 bits per heavy atom. The van der Waals surface area contributed by atoms with Gasteiger partial charge in [0.2, 0.25) is 5.91 Å². The van der Waals surface area contributed by atoms with Crippen molar-refractivity contribution in [1.29, 1.82) is 0 Å². The smallest absolute Gasteiger partial charge is 0.268 e. The lowest BCUT2D eigenvalue weighted by atomic mass is 10.1. The standard InChI is InChI=1S/C11H16ClF2NO3/c12-7-9(16)15-8-1-2-10(17-5-6-18-10)3-4-11(8,13)14/h8H,1-7H2,(H,15,16). The van der Waals surface area contributed by atoms with Crippen LogP contribution in [0.4, 0.5) is 8.78 Å². The summed E-state index contributed by atoms with van der Waals surface area (Å²) in [6.45, 7) is 0.870. The molecule has 18 heavy (non-hydrogen) atoms. The van der Waals surface area contributed by atoms with Crippen LogP contribution in [0.25, 0.3) is 0 Å². The lowest BCUT2D eigenvalue weighted by molar-refractivity contribution is -0.168. The minimum absolute atomic E-state index is 0.121. The highest BCUT2D eigenvalue weighted by molar-refractivity contribution is 6.27. The van der Waals surface area contributed by atoms with E-state index in [1.165, 1.54) is 0 Å². The van der Waals surface area contributed by atoms with Crippen molar-refractivity contribution in [2.45, 2.75) is 43.4 Å².